The summed E-state index contributed by atoms with van der Waals surface area (Å²) in [7, 11) is 0. The van der Waals surface area contributed by atoms with Crippen molar-refractivity contribution in [1.82, 2.24) is 4.98 Å². The molecule has 0 saturated heterocycles. The quantitative estimate of drug-likeness (QED) is 0.760. The highest BCUT2D eigenvalue weighted by Crippen LogP contribution is 2.45. The topological polar surface area (TPSA) is 42.4 Å². The Morgan fingerprint density at radius 3 is 3.00 bits per heavy atom. The van der Waals surface area contributed by atoms with Gasteiger partial charge in [0.1, 0.15) is 5.75 Å². The summed E-state index contributed by atoms with van der Waals surface area (Å²) in [5, 5.41) is 9.88. The molecule has 2 aromatic heterocycles. The van der Waals surface area contributed by atoms with Crippen LogP contribution in [0.15, 0.2) is 18.3 Å². The van der Waals surface area contributed by atoms with Crippen LogP contribution in [0.3, 0.4) is 0 Å². The van der Waals surface area contributed by atoms with Crippen molar-refractivity contribution in [3.05, 3.63) is 34.3 Å². The van der Waals surface area contributed by atoms with E-state index in [0.717, 1.165) is 32.3 Å². The standard InChI is InChI=1S/C12H11NO2S/c1-6-3-8-10(13-5-6)11-9(15-12(8)14)4-7(2)16-11/h3-5,12,14H,1-2H3. The highest BCUT2D eigenvalue weighted by molar-refractivity contribution is 7.15. The van der Waals surface area contributed by atoms with E-state index in [2.05, 4.69) is 4.98 Å². The van der Waals surface area contributed by atoms with E-state index in [1.807, 2.05) is 32.2 Å². The van der Waals surface area contributed by atoms with Gasteiger partial charge in [0.2, 0.25) is 6.29 Å². The molecule has 0 radical (unpaired) electrons. The Bertz CT molecular complexity index is 562. The fourth-order valence-corrected chi connectivity index (χ4v) is 2.86. The van der Waals surface area contributed by atoms with Gasteiger partial charge in [-0.3, -0.25) is 4.98 Å². The van der Waals surface area contributed by atoms with Gasteiger partial charge in [0.15, 0.2) is 0 Å². The highest BCUT2D eigenvalue weighted by Gasteiger charge is 2.27. The first kappa shape index (κ1) is 9.81. The fraction of sp³-hybridized carbons (Fsp3) is 0.250. The number of aliphatic hydroxyl groups is 1. The second-order valence-electron chi connectivity index (χ2n) is 3.97. The van der Waals surface area contributed by atoms with Crippen LogP contribution in [0.2, 0.25) is 0 Å². The second kappa shape index (κ2) is 3.30. The summed E-state index contributed by atoms with van der Waals surface area (Å²) in [6.07, 6.45) is 0.916. The Kier molecular flexibility index (Phi) is 2.02. The third-order valence-corrected chi connectivity index (χ3v) is 3.63. The molecule has 16 heavy (non-hydrogen) atoms. The zero-order chi connectivity index (χ0) is 11.3. The van der Waals surface area contributed by atoms with E-state index < -0.39 is 6.29 Å². The Balaban J connectivity index is 2.27. The van der Waals surface area contributed by atoms with Gasteiger partial charge in [-0.15, -0.1) is 11.3 Å². The largest absolute Gasteiger partial charge is 0.459 e. The number of aryl methyl sites for hydroxylation is 2. The van der Waals surface area contributed by atoms with Gasteiger partial charge in [-0.1, -0.05) is 0 Å². The van der Waals surface area contributed by atoms with Gasteiger partial charge in [0, 0.05) is 16.6 Å². The van der Waals surface area contributed by atoms with Gasteiger partial charge in [-0.25, -0.2) is 0 Å². The van der Waals surface area contributed by atoms with Crippen molar-refractivity contribution in [2.45, 2.75) is 20.1 Å². The molecule has 1 aliphatic heterocycles. The minimum absolute atomic E-state index is 0.735. The van der Waals surface area contributed by atoms with Gasteiger partial charge >= 0.3 is 0 Å². The fourth-order valence-electron chi connectivity index (χ4n) is 1.90. The number of rotatable bonds is 0. The monoisotopic (exact) mass is 233 g/mol. The minimum Gasteiger partial charge on any atom is -0.459 e. The predicted molar refractivity (Wildman–Crippen MR) is 62.6 cm³/mol. The van der Waals surface area contributed by atoms with E-state index in [9.17, 15) is 5.11 Å². The minimum atomic E-state index is -0.899. The van der Waals surface area contributed by atoms with Crippen LogP contribution < -0.4 is 4.74 Å². The summed E-state index contributed by atoms with van der Waals surface area (Å²) < 4.78 is 5.46. The Morgan fingerprint density at radius 2 is 2.19 bits per heavy atom. The lowest BCUT2D eigenvalue weighted by atomic mass is 10.1. The number of aromatic nitrogens is 1. The average molecular weight is 233 g/mol. The van der Waals surface area contributed by atoms with E-state index in [1.54, 1.807) is 11.3 Å². The van der Waals surface area contributed by atoms with Crippen LogP contribution in [0.5, 0.6) is 5.75 Å². The van der Waals surface area contributed by atoms with Gasteiger partial charge in [-0.2, -0.15) is 0 Å². The summed E-state index contributed by atoms with van der Waals surface area (Å²) >= 11 is 1.64. The molecule has 3 nitrogen and oxygen atoms in total. The second-order valence-corrected chi connectivity index (χ2v) is 5.23. The summed E-state index contributed by atoms with van der Waals surface area (Å²) in [5.74, 6) is 0.735. The smallest absolute Gasteiger partial charge is 0.226 e. The molecule has 1 N–H and O–H groups in total. The van der Waals surface area contributed by atoms with Crippen molar-refractivity contribution in [3.63, 3.8) is 0 Å². The maximum atomic E-state index is 9.88. The van der Waals surface area contributed by atoms with Crippen molar-refractivity contribution in [2.75, 3.05) is 0 Å². The Hall–Kier alpha value is -1.39. The third-order valence-electron chi connectivity index (χ3n) is 2.59. The van der Waals surface area contributed by atoms with Crippen LogP contribution in [-0.2, 0) is 0 Å². The molecular weight excluding hydrogens is 222 g/mol. The van der Waals surface area contributed by atoms with E-state index >= 15 is 0 Å². The molecule has 1 atom stereocenters. The molecule has 0 amide bonds. The number of hydrogen-bond donors (Lipinski definition) is 1. The Morgan fingerprint density at radius 1 is 1.38 bits per heavy atom. The summed E-state index contributed by atoms with van der Waals surface area (Å²) in [6.45, 7) is 3.97. The maximum absolute atomic E-state index is 9.88. The molecule has 2 aromatic rings. The number of pyridine rings is 1. The summed E-state index contributed by atoms with van der Waals surface area (Å²) in [5.41, 5.74) is 2.63. The van der Waals surface area contributed by atoms with Crippen LogP contribution >= 0.6 is 11.3 Å². The van der Waals surface area contributed by atoms with E-state index in [-0.39, 0.29) is 0 Å². The molecule has 1 aliphatic rings. The molecule has 0 aromatic carbocycles. The highest BCUT2D eigenvalue weighted by atomic mass is 32.1. The van der Waals surface area contributed by atoms with Crippen LogP contribution in [0.1, 0.15) is 22.3 Å². The van der Waals surface area contributed by atoms with Crippen LogP contribution in [0.25, 0.3) is 10.6 Å². The van der Waals surface area contributed by atoms with Crippen molar-refractivity contribution < 1.29 is 9.84 Å². The number of aliphatic hydroxyl groups excluding tert-OH is 1. The normalized spacial score (nSPS) is 17.6. The van der Waals surface area contributed by atoms with Crippen LogP contribution in [0, 0.1) is 13.8 Å². The molecule has 0 saturated carbocycles. The zero-order valence-electron chi connectivity index (χ0n) is 9.02. The maximum Gasteiger partial charge on any atom is 0.226 e. The SMILES string of the molecule is Cc1cnc2c(c1)C(O)Oc1cc(C)sc1-2. The number of fused-ring (bicyclic) bond motifs is 3. The lowest BCUT2D eigenvalue weighted by Crippen LogP contribution is -2.13. The molecule has 4 heteroatoms. The molecule has 1 unspecified atom stereocenters. The number of ether oxygens (including phenoxy) is 1. The summed E-state index contributed by atoms with van der Waals surface area (Å²) in [4.78, 5) is 6.57. The number of hydrogen-bond acceptors (Lipinski definition) is 4. The van der Waals surface area contributed by atoms with Crippen LogP contribution in [-0.4, -0.2) is 10.1 Å². The average Bonchev–Trinajstić information content (AvgIpc) is 2.59. The first-order valence-corrected chi connectivity index (χ1v) is 5.89. The van der Waals surface area contributed by atoms with Gasteiger partial charge in [-0.05, 0) is 31.5 Å². The lowest BCUT2D eigenvalue weighted by molar-refractivity contribution is -0.0212. The van der Waals surface area contributed by atoms with E-state index in [0.29, 0.717) is 0 Å². The van der Waals surface area contributed by atoms with Gasteiger partial charge < -0.3 is 9.84 Å². The van der Waals surface area contributed by atoms with Crippen molar-refractivity contribution in [1.29, 1.82) is 0 Å². The first-order valence-electron chi connectivity index (χ1n) is 5.07. The molecule has 0 spiro atoms. The van der Waals surface area contributed by atoms with E-state index in [4.69, 9.17) is 4.74 Å². The lowest BCUT2D eigenvalue weighted by Gasteiger charge is -2.21. The van der Waals surface area contributed by atoms with Crippen molar-refractivity contribution in [2.24, 2.45) is 0 Å². The molecule has 0 bridgehead atoms. The van der Waals surface area contributed by atoms with Crippen LogP contribution in [0.4, 0.5) is 0 Å². The number of nitrogens with zero attached hydrogens (tertiary/aromatic N) is 1. The molecule has 0 fully saturated rings. The third kappa shape index (κ3) is 1.34. The van der Waals surface area contributed by atoms with Gasteiger partial charge in [0.25, 0.3) is 0 Å². The molecule has 0 aliphatic carbocycles. The molecular formula is C12H11NO2S. The molecule has 3 heterocycles. The predicted octanol–water partition coefficient (Wildman–Crippen LogP) is 2.81. The first-order chi connectivity index (χ1) is 7.65. The molecule has 3 rings (SSSR count). The van der Waals surface area contributed by atoms with Crippen molar-refractivity contribution in [3.8, 4) is 16.3 Å². The van der Waals surface area contributed by atoms with Crippen molar-refractivity contribution >= 4 is 11.3 Å². The van der Waals surface area contributed by atoms with E-state index in [1.165, 1.54) is 0 Å². The number of thiophene rings is 1. The molecule has 82 valence electrons. The zero-order valence-corrected chi connectivity index (χ0v) is 9.84. The Labute approximate surface area is 97.3 Å². The summed E-state index contributed by atoms with van der Waals surface area (Å²) in [6, 6.07) is 3.86. The van der Waals surface area contributed by atoms with Gasteiger partial charge in [0.05, 0.1) is 10.6 Å².